The summed E-state index contributed by atoms with van der Waals surface area (Å²) in [5, 5.41) is 10.2. The monoisotopic (exact) mass is 603 g/mol. The molecule has 0 unspecified atom stereocenters. The van der Waals surface area contributed by atoms with Gasteiger partial charge in [-0.1, -0.05) is 6.08 Å². The highest BCUT2D eigenvalue weighted by molar-refractivity contribution is 7.48. The van der Waals surface area contributed by atoms with Gasteiger partial charge in [0.1, 0.15) is 24.1 Å². The van der Waals surface area contributed by atoms with Crippen LogP contribution in [-0.2, 0) is 29.7 Å². The Balaban J connectivity index is 1.74. The first-order chi connectivity index (χ1) is 20.7. The summed E-state index contributed by atoms with van der Waals surface area (Å²) in [4.78, 5) is 29.4. The summed E-state index contributed by atoms with van der Waals surface area (Å²) >= 11 is 0. The van der Waals surface area contributed by atoms with Crippen molar-refractivity contribution in [3.63, 3.8) is 0 Å². The summed E-state index contributed by atoms with van der Waals surface area (Å²) in [7, 11) is 1.78. The lowest BCUT2D eigenvalue weighted by atomic mass is 10.0. The summed E-state index contributed by atoms with van der Waals surface area (Å²) in [6.45, 7) is 4.23. The van der Waals surface area contributed by atoms with Crippen molar-refractivity contribution < 1.29 is 22.9 Å². The molecule has 0 aliphatic heterocycles. The van der Waals surface area contributed by atoms with Crippen LogP contribution in [-0.4, -0.2) is 71.2 Å². The van der Waals surface area contributed by atoms with Gasteiger partial charge in [-0.05, 0) is 57.8 Å². The molecule has 43 heavy (non-hydrogen) atoms. The van der Waals surface area contributed by atoms with Gasteiger partial charge in [-0.15, -0.1) is 0 Å². The highest BCUT2D eigenvalue weighted by Crippen LogP contribution is 2.49. The van der Waals surface area contributed by atoms with Crippen molar-refractivity contribution in [2.24, 2.45) is 0 Å². The fourth-order valence-electron chi connectivity index (χ4n) is 4.25. The van der Waals surface area contributed by atoms with Crippen molar-refractivity contribution in [2.75, 3.05) is 45.8 Å². The van der Waals surface area contributed by atoms with E-state index < -0.39 is 7.82 Å². The number of rotatable bonds is 13. The Kier molecular flexibility index (Phi) is 10.5. The van der Waals surface area contributed by atoms with Crippen LogP contribution in [0.5, 0.6) is 0 Å². The third-order valence-corrected chi connectivity index (χ3v) is 7.92. The second kappa shape index (κ2) is 14.3. The van der Waals surface area contributed by atoms with Crippen LogP contribution in [0.4, 0.5) is 5.69 Å². The van der Waals surface area contributed by atoms with E-state index in [0.29, 0.717) is 17.9 Å². The number of aromatic nitrogens is 4. The first-order valence-electron chi connectivity index (χ1n) is 13.6. The zero-order chi connectivity index (χ0) is 31.0. The molecule has 4 aromatic rings. The predicted octanol–water partition coefficient (Wildman–Crippen LogP) is 5.27. The molecule has 0 fully saturated rings. The van der Waals surface area contributed by atoms with E-state index in [-0.39, 0.29) is 31.5 Å². The minimum atomic E-state index is -3.78. The van der Waals surface area contributed by atoms with Crippen molar-refractivity contribution in [1.82, 2.24) is 24.4 Å². The molecule has 0 aromatic carbocycles. The quantitative estimate of drug-likeness (QED) is 0.147. The van der Waals surface area contributed by atoms with E-state index in [9.17, 15) is 14.6 Å². The number of carbonyl (C=O) groups excluding carboxylic acids is 1. The maximum atomic E-state index is 13.0. The average molecular weight is 604 g/mol. The standard InChI is InChI=1S/C30H34N7O5P/c1-6-40-43(39,41-7-2)42-21-37-20-28(22-10-11-33-25(13-22)16-31)27-15-24(18-34-30(27)37)23-14-26(19-32-17-23)36(5)29(38)9-8-12-35(3)4/h8-11,13-15,17-20H,6-7,12,21H2,1-5H3. The molecule has 0 spiro atoms. The van der Waals surface area contributed by atoms with Gasteiger partial charge in [0, 0.05) is 66.5 Å². The number of pyridine rings is 3. The fraction of sp³-hybridized carbons (Fsp3) is 0.300. The lowest BCUT2D eigenvalue weighted by molar-refractivity contribution is -0.113. The van der Waals surface area contributed by atoms with Crippen LogP contribution in [0.3, 0.4) is 0 Å². The number of fused-ring (bicyclic) bond motifs is 1. The van der Waals surface area contributed by atoms with Gasteiger partial charge >= 0.3 is 7.82 Å². The Labute approximate surface area is 250 Å². The molecule has 4 heterocycles. The minimum Gasteiger partial charge on any atom is -0.310 e. The Morgan fingerprint density at radius 1 is 1.02 bits per heavy atom. The third-order valence-electron chi connectivity index (χ3n) is 6.33. The Hall–Kier alpha value is -4.24. The van der Waals surface area contributed by atoms with Gasteiger partial charge in [0.25, 0.3) is 0 Å². The van der Waals surface area contributed by atoms with Crippen LogP contribution >= 0.6 is 7.82 Å². The molecule has 13 heteroatoms. The van der Waals surface area contributed by atoms with Gasteiger partial charge in [-0.2, -0.15) is 5.26 Å². The number of phosphoric ester groups is 1. The molecule has 0 atom stereocenters. The summed E-state index contributed by atoms with van der Waals surface area (Å²) in [6.07, 6.45) is 11.7. The van der Waals surface area contributed by atoms with Gasteiger partial charge in [0.05, 0.1) is 25.1 Å². The van der Waals surface area contributed by atoms with Crippen molar-refractivity contribution in [3.8, 4) is 28.3 Å². The molecule has 0 aliphatic carbocycles. The molecular weight excluding hydrogens is 569 g/mol. The second-order valence-corrected chi connectivity index (χ2v) is 11.4. The Morgan fingerprint density at radius 2 is 1.77 bits per heavy atom. The van der Waals surface area contributed by atoms with Gasteiger partial charge in [-0.25, -0.2) is 14.5 Å². The number of carbonyl (C=O) groups is 1. The number of phosphoric acid groups is 1. The molecule has 4 aromatic heterocycles. The number of nitrogens with zero attached hydrogens (tertiary/aromatic N) is 7. The largest absolute Gasteiger partial charge is 0.476 e. The van der Waals surface area contributed by atoms with Crippen LogP contribution in [0.2, 0.25) is 0 Å². The Morgan fingerprint density at radius 3 is 2.47 bits per heavy atom. The van der Waals surface area contributed by atoms with Crippen molar-refractivity contribution in [3.05, 3.63) is 73.1 Å². The van der Waals surface area contributed by atoms with Crippen LogP contribution in [0, 0.1) is 11.3 Å². The molecule has 1 amide bonds. The number of nitriles is 1. The molecule has 224 valence electrons. The highest BCUT2D eigenvalue weighted by Gasteiger charge is 2.26. The van der Waals surface area contributed by atoms with E-state index in [1.54, 1.807) is 68.6 Å². The van der Waals surface area contributed by atoms with Gasteiger partial charge in [0.15, 0.2) is 0 Å². The van der Waals surface area contributed by atoms with Crippen molar-refractivity contribution in [2.45, 2.75) is 20.6 Å². The lowest BCUT2D eigenvalue weighted by Gasteiger charge is -2.17. The molecule has 0 aliphatic rings. The molecule has 0 saturated heterocycles. The van der Waals surface area contributed by atoms with E-state index in [4.69, 9.17) is 18.6 Å². The van der Waals surface area contributed by atoms with Gasteiger partial charge < -0.3 is 14.4 Å². The predicted molar refractivity (Wildman–Crippen MR) is 164 cm³/mol. The molecular formula is C30H34N7O5P. The van der Waals surface area contributed by atoms with Crippen LogP contribution in [0.1, 0.15) is 19.5 Å². The zero-order valence-corrected chi connectivity index (χ0v) is 25.7. The van der Waals surface area contributed by atoms with Gasteiger partial charge in [-0.3, -0.25) is 23.3 Å². The first-order valence-corrected chi connectivity index (χ1v) is 15.1. The number of likely N-dealkylation sites (N-methyl/N-ethyl adjacent to an activating group) is 2. The topological polar surface area (TPSA) is 136 Å². The average Bonchev–Trinajstić information content (AvgIpc) is 3.38. The smallest absolute Gasteiger partial charge is 0.310 e. The van der Waals surface area contributed by atoms with E-state index >= 15 is 0 Å². The highest BCUT2D eigenvalue weighted by atomic mass is 31.2. The summed E-state index contributed by atoms with van der Waals surface area (Å²) in [6, 6.07) is 9.37. The molecule has 0 saturated carbocycles. The zero-order valence-electron chi connectivity index (χ0n) is 24.8. The molecule has 0 bridgehead atoms. The fourth-order valence-corrected chi connectivity index (χ4v) is 5.37. The molecule has 4 rings (SSSR count). The van der Waals surface area contributed by atoms with E-state index in [2.05, 4.69) is 16.0 Å². The van der Waals surface area contributed by atoms with E-state index in [0.717, 1.165) is 27.6 Å². The lowest BCUT2D eigenvalue weighted by Crippen LogP contribution is -2.24. The van der Waals surface area contributed by atoms with Crippen LogP contribution in [0.25, 0.3) is 33.3 Å². The number of anilines is 1. The first kappa shape index (κ1) is 31.7. The SMILES string of the molecule is CCOP(=O)(OCC)OCn1cc(-c2ccnc(C#N)c2)c2cc(-c3cncc(N(C)C(=O)C=CCN(C)C)c3)cnc21. The summed E-state index contributed by atoms with van der Waals surface area (Å²) in [5.74, 6) is -0.170. The van der Waals surface area contributed by atoms with Crippen LogP contribution < -0.4 is 4.90 Å². The maximum absolute atomic E-state index is 13.0. The maximum Gasteiger partial charge on any atom is 0.476 e. The summed E-state index contributed by atoms with van der Waals surface area (Å²) in [5.41, 5.74) is 4.46. The normalized spacial score (nSPS) is 11.8. The minimum absolute atomic E-state index is 0.151. The second-order valence-electron chi connectivity index (χ2n) is 9.68. The number of hydrogen-bond acceptors (Lipinski definition) is 10. The van der Waals surface area contributed by atoms with Crippen LogP contribution in [0.15, 0.2) is 67.4 Å². The number of hydrogen-bond donors (Lipinski definition) is 0. The van der Waals surface area contributed by atoms with Crippen molar-refractivity contribution >= 4 is 30.5 Å². The molecule has 0 N–H and O–H groups in total. The number of amides is 1. The van der Waals surface area contributed by atoms with Gasteiger partial charge in [0.2, 0.25) is 5.91 Å². The van der Waals surface area contributed by atoms with E-state index in [1.165, 1.54) is 11.0 Å². The van der Waals surface area contributed by atoms with Crippen molar-refractivity contribution in [1.29, 1.82) is 5.26 Å². The third kappa shape index (κ3) is 7.78. The summed E-state index contributed by atoms with van der Waals surface area (Å²) < 4.78 is 30.8. The molecule has 12 nitrogen and oxygen atoms in total. The molecule has 0 radical (unpaired) electrons. The Bertz CT molecular complexity index is 1700. The van der Waals surface area contributed by atoms with E-state index in [1.807, 2.05) is 37.2 Å².